The lowest BCUT2D eigenvalue weighted by Crippen LogP contribution is -2.50. The first-order chi connectivity index (χ1) is 20.2. The van der Waals surface area contributed by atoms with Gasteiger partial charge >= 0.3 is 6.09 Å². The van der Waals surface area contributed by atoms with Gasteiger partial charge in [-0.1, -0.05) is 24.1 Å². The highest BCUT2D eigenvalue weighted by Crippen LogP contribution is 2.37. The van der Waals surface area contributed by atoms with Crippen molar-refractivity contribution in [2.45, 2.75) is 38.6 Å². The fourth-order valence-corrected chi connectivity index (χ4v) is 5.46. The molecule has 13 heteroatoms. The maximum absolute atomic E-state index is 14.9. The maximum Gasteiger partial charge on any atom is 0.411 e. The number of fused-ring (bicyclic) bond motifs is 4. The number of anilines is 3. The third-order valence-electron chi connectivity index (χ3n) is 7.32. The van der Waals surface area contributed by atoms with Crippen LogP contribution in [0.25, 0.3) is 11.3 Å². The van der Waals surface area contributed by atoms with Crippen molar-refractivity contribution in [3.63, 3.8) is 0 Å². The first kappa shape index (κ1) is 29.1. The quantitative estimate of drug-likeness (QED) is 0.252. The molecule has 1 aromatic heterocycles. The fourth-order valence-electron chi connectivity index (χ4n) is 5.30. The first-order valence-corrected chi connectivity index (χ1v) is 13.8. The Balaban J connectivity index is 1.48. The van der Waals surface area contributed by atoms with E-state index in [4.69, 9.17) is 16.6 Å². The zero-order valence-electron chi connectivity index (χ0n) is 23.0. The van der Waals surface area contributed by atoms with E-state index in [1.165, 1.54) is 18.1 Å². The largest absolute Gasteiger partial charge is 0.453 e. The highest BCUT2D eigenvalue weighted by atomic mass is 35.5. The van der Waals surface area contributed by atoms with Crippen molar-refractivity contribution >= 4 is 46.6 Å². The molecule has 1 fully saturated rings. The fraction of sp³-hybridized carbons (Fsp3) is 0.310. The van der Waals surface area contributed by atoms with E-state index in [1.54, 1.807) is 36.2 Å². The van der Waals surface area contributed by atoms with Crippen LogP contribution in [-0.4, -0.2) is 53.0 Å². The number of hydrogen-bond acceptors (Lipinski definition) is 6. The Morgan fingerprint density at radius 3 is 2.76 bits per heavy atom. The van der Waals surface area contributed by atoms with E-state index in [0.29, 0.717) is 47.7 Å². The summed E-state index contributed by atoms with van der Waals surface area (Å²) in [4.78, 5) is 49.3. The molecule has 0 aliphatic carbocycles. The van der Waals surface area contributed by atoms with Crippen LogP contribution in [0.5, 0.6) is 0 Å². The predicted octanol–water partition coefficient (Wildman–Crippen LogP) is 5.99. The summed E-state index contributed by atoms with van der Waals surface area (Å²) in [6.07, 6.45) is 4.48. The Labute approximate surface area is 245 Å². The minimum Gasteiger partial charge on any atom is -0.453 e. The molecule has 0 radical (unpaired) electrons. The van der Waals surface area contributed by atoms with Gasteiger partial charge in [0.1, 0.15) is 23.0 Å². The third kappa shape index (κ3) is 5.67. The molecule has 0 saturated carbocycles. The number of rotatable bonds is 3. The van der Waals surface area contributed by atoms with Crippen molar-refractivity contribution in [1.29, 1.82) is 0 Å². The van der Waals surface area contributed by atoms with E-state index in [2.05, 4.69) is 20.4 Å². The van der Waals surface area contributed by atoms with Gasteiger partial charge in [-0.3, -0.25) is 14.9 Å². The van der Waals surface area contributed by atoms with Crippen LogP contribution in [0.4, 0.5) is 30.6 Å². The van der Waals surface area contributed by atoms with Crippen molar-refractivity contribution in [2.75, 3.05) is 35.7 Å². The normalized spacial score (nSPS) is 18.6. The second-order valence-corrected chi connectivity index (χ2v) is 10.3. The molecule has 3 amide bonds. The molecule has 1 unspecified atom stereocenters. The summed E-state index contributed by atoms with van der Waals surface area (Å²) >= 11 is 5.93. The number of carbonyl (C=O) groups is 3. The lowest BCUT2D eigenvalue weighted by molar-refractivity contribution is -0.131. The van der Waals surface area contributed by atoms with E-state index in [-0.39, 0.29) is 41.8 Å². The molecule has 3 heterocycles. The highest BCUT2D eigenvalue weighted by molar-refractivity contribution is 6.31. The summed E-state index contributed by atoms with van der Waals surface area (Å²) in [5.74, 6) is -1.82. The number of H-pyrrole nitrogens is 1. The number of allylic oxidation sites excluding steroid dienone is 1. The minimum atomic E-state index is -0.930. The molecule has 3 N–H and O–H groups in total. The number of nitrogens with one attached hydrogen (secondary N) is 3. The van der Waals surface area contributed by atoms with Gasteiger partial charge in [-0.2, -0.15) is 0 Å². The molecule has 1 saturated heterocycles. The second-order valence-electron chi connectivity index (χ2n) is 9.87. The summed E-state index contributed by atoms with van der Waals surface area (Å²) in [5, 5.41) is 5.25. The molecule has 0 spiro atoms. The summed E-state index contributed by atoms with van der Waals surface area (Å²) in [6.45, 7) is 1.93. The van der Waals surface area contributed by atoms with Gasteiger partial charge in [0, 0.05) is 37.0 Å². The van der Waals surface area contributed by atoms with E-state index in [0.717, 1.165) is 12.1 Å². The van der Waals surface area contributed by atoms with Crippen LogP contribution < -0.4 is 15.5 Å². The number of imidazole rings is 1. The second kappa shape index (κ2) is 12.2. The topological polar surface area (TPSA) is 120 Å². The predicted molar refractivity (Wildman–Crippen MR) is 154 cm³/mol. The van der Waals surface area contributed by atoms with Crippen LogP contribution in [0.1, 0.15) is 44.5 Å². The number of halogens is 3. The molecule has 2 aliphatic rings. The van der Waals surface area contributed by atoms with Crippen LogP contribution in [0.15, 0.2) is 48.3 Å². The van der Waals surface area contributed by atoms with Crippen molar-refractivity contribution in [1.82, 2.24) is 14.9 Å². The van der Waals surface area contributed by atoms with Crippen LogP contribution >= 0.6 is 11.6 Å². The molecule has 10 nitrogen and oxygen atoms in total. The van der Waals surface area contributed by atoms with Crippen LogP contribution in [0.2, 0.25) is 5.02 Å². The monoisotopic (exact) mass is 598 g/mol. The summed E-state index contributed by atoms with van der Waals surface area (Å²) in [6, 6.07) is 6.73. The Kier molecular flexibility index (Phi) is 8.44. The van der Waals surface area contributed by atoms with Crippen LogP contribution in [0.3, 0.4) is 0 Å². The van der Waals surface area contributed by atoms with Crippen molar-refractivity contribution in [2.24, 2.45) is 0 Å². The molecule has 5 rings (SSSR count). The number of carbonyl (C=O) groups excluding carboxylic acids is 3. The van der Waals surface area contributed by atoms with Gasteiger partial charge in [0.05, 0.1) is 29.6 Å². The standard InChI is InChI=1S/C29H29ClF2N6O4/c1-3-22-28(40)38(13-12-37(22)26-19(31)11-10-18(30)25(26)32)23-6-4-5-7-24(39)35-20-14-16(34-29(41)42-2)8-9-17(20)21-15-33-27(23)36-21/h3,8-11,14-15,23H,4-7,12-13H2,1-2H3,(H,33,36)(H,34,41)(H,35,39)/b22-3+. The van der Waals surface area contributed by atoms with Crippen molar-refractivity contribution in [3.8, 4) is 11.3 Å². The maximum atomic E-state index is 14.9. The molecule has 2 aromatic carbocycles. The molecule has 3 aromatic rings. The van der Waals surface area contributed by atoms with Gasteiger partial charge in [-0.05, 0) is 50.1 Å². The Hall–Kier alpha value is -4.45. The first-order valence-electron chi connectivity index (χ1n) is 13.4. The molecule has 2 bridgehead atoms. The Morgan fingerprint density at radius 1 is 1.19 bits per heavy atom. The average Bonchev–Trinajstić information content (AvgIpc) is 3.45. The molecular weight excluding hydrogens is 570 g/mol. The number of benzene rings is 2. The van der Waals surface area contributed by atoms with Crippen LogP contribution in [-0.2, 0) is 14.3 Å². The van der Waals surface area contributed by atoms with E-state index < -0.39 is 29.7 Å². The number of piperazine rings is 1. The molecule has 220 valence electrons. The molecule has 2 aliphatic heterocycles. The lowest BCUT2D eigenvalue weighted by atomic mass is 10.0. The molecular formula is C29H29ClF2N6O4. The minimum absolute atomic E-state index is 0.120. The number of aromatic amines is 1. The van der Waals surface area contributed by atoms with E-state index in [9.17, 15) is 23.2 Å². The zero-order chi connectivity index (χ0) is 30.0. The lowest BCUT2D eigenvalue weighted by Gasteiger charge is -2.41. The Morgan fingerprint density at radius 2 is 2.00 bits per heavy atom. The van der Waals surface area contributed by atoms with Crippen molar-refractivity contribution in [3.05, 3.63) is 70.8 Å². The average molecular weight is 599 g/mol. The van der Waals surface area contributed by atoms with Gasteiger partial charge < -0.3 is 24.8 Å². The summed E-state index contributed by atoms with van der Waals surface area (Å²) in [5.41, 5.74) is 1.77. The SMILES string of the molecule is C/C=C1\C(=O)N(C2CCCCC(=O)Nc3cc(NC(=O)OC)ccc3-c3c[nH]c2n3)CCN1c1c(F)ccc(Cl)c1F. The molecule has 42 heavy (non-hydrogen) atoms. The number of aromatic nitrogens is 2. The van der Waals surface area contributed by atoms with Gasteiger partial charge in [0.2, 0.25) is 5.91 Å². The third-order valence-corrected chi connectivity index (χ3v) is 7.61. The van der Waals surface area contributed by atoms with Gasteiger partial charge in [0.25, 0.3) is 5.91 Å². The van der Waals surface area contributed by atoms with Crippen LogP contribution in [0, 0.1) is 11.6 Å². The highest BCUT2D eigenvalue weighted by Gasteiger charge is 2.37. The number of methoxy groups -OCH3 is 1. The zero-order valence-corrected chi connectivity index (χ0v) is 23.7. The van der Waals surface area contributed by atoms with Crippen molar-refractivity contribution < 1.29 is 27.9 Å². The summed E-state index contributed by atoms with van der Waals surface area (Å²) in [7, 11) is 1.25. The summed E-state index contributed by atoms with van der Waals surface area (Å²) < 4.78 is 34.3. The number of nitrogens with zero attached hydrogens (tertiary/aromatic N) is 3. The van der Waals surface area contributed by atoms with Gasteiger partial charge in [-0.25, -0.2) is 18.6 Å². The van der Waals surface area contributed by atoms with Gasteiger partial charge in [0.15, 0.2) is 5.82 Å². The Bertz CT molecular complexity index is 1580. The van der Waals surface area contributed by atoms with Gasteiger partial charge in [-0.15, -0.1) is 0 Å². The number of amides is 3. The molecule has 1 atom stereocenters. The van der Waals surface area contributed by atoms with E-state index in [1.807, 2.05) is 0 Å². The van der Waals surface area contributed by atoms with E-state index >= 15 is 0 Å². The smallest absolute Gasteiger partial charge is 0.411 e. The number of ether oxygens (including phenoxy) is 1. The number of hydrogen-bond donors (Lipinski definition) is 3.